The van der Waals surface area contributed by atoms with E-state index in [1.165, 1.54) is 4.31 Å². The van der Waals surface area contributed by atoms with E-state index in [9.17, 15) is 8.42 Å². The van der Waals surface area contributed by atoms with Crippen molar-refractivity contribution in [3.8, 4) is 0 Å². The van der Waals surface area contributed by atoms with Gasteiger partial charge in [0.1, 0.15) is 4.66 Å². The number of halogens is 2. The largest absolute Gasteiger partial charge is 0.224 e. The zero-order valence-electron chi connectivity index (χ0n) is 8.15. The molecule has 0 radical (unpaired) electrons. The summed E-state index contributed by atoms with van der Waals surface area (Å²) in [5.74, 6) is 0. The number of hydrogen-bond donors (Lipinski definition) is 0. The monoisotopic (exact) mass is 355 g/mol. The summed E-state index contributed by atoms with van der Waals surface area (Å²) in [6, 6.07) is 7.59. The third-order valence-electron chi connectivity index (χ3n) is 1.91. The summed E-state index contributed by atoms with van der Waals surface area (Å²) in [5, 5.41) is 0. The highest BCUT2D eigenvalue weighted by Crippen LogP contribution is 2.14. The molecule has 0 N–H and O–H groups in total. The van der Waals surface area contributed by atoms with Crippen LogP contribution in [0.25, 0.3) is 0 Å². The lowest BCUT2D eigenvalue weighted by Crippen LogP contribution is -2.26. The predicted molar refractivity (Wildman–Crippen MR) is 68.3 cm³/mol. The Bertz CT molecular complexity index is 433. The Balaban J connectivity index is 2.79. The van der Waals surface area contributed by atoms with E-state index in [2.05, 4.69) is 31.9 Å². The first kappa shape index (κ1) is 13.2. The van der Waals surface area contributed by atoms with E-state index in [0.29, 0.717) is 6.54 Å². The fraction of sp³-hybridized carbons (Fsp3) is 0.333. The molecule has 0 heterocycles. The van der Waals surface area contributed by atoms with E-state index in [-0.39, 0.29) is 4.66 Å². The number of sulfonamides is 1. The quantitative estimate of drug-likeness (QED) is 0.777. The zero-order chi connectivity index (χ0) is 11.5. The van der Waals surface area contributed by atoms with Crippen molar-refractivity contribution in [2.45, 2.75) is 6.54 Å². The van der Waals surface area contributed by atoms with Crippen molar-refractivity contribution >= 4 is 41.9 Å². The lowest BCUT2D eigenvalue weighted by molar-refractivity contribution is 0.471. The van der Waals surface area contributed by atoms with Gasteiger partial charge in [-0.3, -0.25) is 0 Å². The smallest absolute Gasteiger partial charge is 0.211 e. The van der Waals surface area contributed by atoms with Crippen LogP contribution in [0.5, 0.6) is 0 Å². The average molecular weight is 357 g/mol. The van der Waals surface area contributed by atoms with Gasteiger partial charge >= 0.3 is 0 Å². The molecule has 0 aromatic heterocycles. The zero-order valence-corrected chi connectivity index (χ0v) is 12.1. The van der Waals surface area contributed by atoms with Crippen LogP contribution in [0.1, 0.15) is 5.56 Å². The van der Waals surface area contributed by atoms with Crippen molar-refractivity contribution in [2.24, 2.45) is 0 Å². The van der Waals surface area contributed by atoms with E-state index >= 15 is 0 Å². The molecule has 0 spiro atoms. The fourth-order valence-electron chi connectivity index (χ4n) is 1.07. The van der Waals surface area contributed by atoms with Gasteiger partial charge in [-0.15, -0.1) is 0 Å². The molecule has 3 nitrogen and oxygen atoms in total. The SMILES string of the molecule is CN(Cc1cccc(Br)c1)S(=O)(=O)CBr. The van der Waals surface area contributed by atoms with Crippen LogP contribution < -0.4 is 0 Å². The van der Waals surface area contributed by atoms with Crippen LogP contribution in [0.2, 0.25) is 0 Å². The first-order chi connectivity index (χ1) is 6.95. The van der Waals surface area contributed by atoms with Crippen LogP contribution in [-0.2, 0) is 16.6 Å². The minimum absolute atomic E-state index is 0.0511. The van der Waals surface area contributed by atoms with Gasteiger partial charge in [0.05, 0.1) is 0 Å². The maximum Gasteiger partial charge on any atom is 0.224 e. The van der Waals surface area contributed by atoms with Crippen LogP contribution in [0.3, 0.4) is 0 Å². The Kier molecular flexibility index (Phi) is 4.76. The highest BCUT2D eigenvalue weighted by Gasteiger charge is 2.15. The van der Waals surface area contributed by atoms with Crippen LogP contribution in [0.15, 0.2) is 28.7 Å². The normalized spacial score (nSPS) is 12.0. The molecule has 0 aliphatic rings. The Morgan fingerprint density at radius 3 is 2.60 bits per heavy atom. The first-order valence-corrected chi connectivity index (χ1v) is 7.72. The summed E-state index contributed by atoms with van der Waals surface area (Å²) in [5.41, 5.74) is 0.955. The molecule has 0 saturated carbocycles. The van der Waals surface area contributed by atoms with Crippen LogP contribution in [0, 0.1) is 0 Å². The number of rotatable bonds is 4. The average Bonchev–Trinajstić information content (AvgIpc) is 2.17. The van der Waals surface area contributed by atoms with E-state index in [0.717, 1.165) is 10.0 Å². The highest BCUT2D eigenvalue weighted by molar-refractivity contribution is 9.10. The molecule has 0 saturated heterocycles. The van der Waals surface area contributed by atoms with Crippen molar-refractivity contribution in [1.29, 1.82) is 0 Å². The lowest BCUT2D eigenvalue weighted by atomic mass is 10.2. The minimum atomic E-state index is -3.17. The molecule has 0 bridgehead atoms. The molecular formula is C9H11Br2NO2S. The van der Waals surface area contributed by atoms with Gasteiger partial charge in [0, 0.05) is 18.1 Å². The summed E-state index contributed by atoms with van der Waals surface area (Å²) in [7, 11) is -1.61. The molecule has 15 heavy (non-hydrogen) atoms. The van der Waals surface area contributed by atoms with Gasteiger partial charge in [-0.25, -0.2) is 8.42 Å². The van der Waals surface area contributed by atoms with Crippen LogP contribution >= 0.6 is 31.9 Å². The van der Waals surface area contributed by atoms with Gasteiger partial charge in [0.2, 0.25) is 10.0 Å². The van der Waals surface area contributed by atoms with Gasteiger partial charge in [-0.1, -0.05) is 44.0 Å². The van der Waals surface area contributed by atoms with Gasteiger partial charge in [-0.05, 0) is 17.7 Å². The van der Waals surface area contributed by atoms with Crippen LogP contribution in [-0.4, -0.2) is 24.4 Å². The van der Waals surface area contributed by atoms with Crippen molar-refractivity contribution < 1.29 is 8.42 Å². The Morgan fingerprint density at radius 2 is 2.07 bits per heavy atom. The second kappa shape index (κ2) is 5.43. The molecule has 1 aromatic carbocycles. The molecule has 0 aliphatic heterocycles. The molecule has 0 atom stereocenters. The number of alkyl halides is 1. The van der Waals surface area contributed by atoms with E-state index in [1.807, 2.05) is 24.3 Å². The summed E-state index contributed by atoms with van der Waals surface area (Å²) in [6.07, 6.45) is 0. The summed E-state index contributed by atoms with van der Waals surface area (Å²) in [6.45, 7) is 0.382. The third kappa shape index (κ3) is 3.86. The van der Waals surface area contributed by atoms with Crippen LogP contribution in [0.4, 0.5) is 0 Å². The molecule has 1 aromatic rings. The van der Waals surface area contributed by atoms with Crippen molar-refractivity contribution in [1.82, 2.24) is 4.31 Å². The number of nitrogens with zero attached hydrogens (tertiary/aromatic N) is 1. The molecular weight excluding hydrogens is 346 g/mol. The Hall–Kier alpha value is 0.0900. The van der Waals surface area contributed by atoms with Crippen molar-refractivity contribution in [2.75, 3.05) is 11.7 Å². The summed E-state index contributed by atoms with van der Waals surface area (Å²) < 4.78 is 25.1. The minimum Gasteiger partial charge on any atom is -0.211 e. The molecule has 0 unspecified atom stereocenters. The summed E-state index contributed by atoms with van der Waals surface area (Å²) in [4.78, 5) is 0. The van der Waals surface area contributed by atoms with Gasteiger partial charge in [0.15, 0.2) is 0 Å². The highest BCUT2D eigenvalue weighted by atomic mass is 79.9. The molecule has 0 amide bonds. The maximum atomic E-state index is 11.5. The van der Waals surface area contributed by atoms with Gasteiger partial charge in [0.25, 0.3) is 0 Å². The van der Waals surface area contributed by atoms with E-state index in [1.54, 1.807) is 7.05 Å². The van der Waals surface area contributed by atoms with E-state index in [4.69, 9.17) is 0 Å². The maximum absolute atomic E-state index is 11.5. The third-order valence-corrected chi connectivity index (χ3v) is 5.49. The summed E-state index contributed by atoms with van der Waals surface area (Å²) >= 11 is 6.30. The van der Waals surface area contributed by atoms with Crippen molar-refractivity contribution in [3.63, 3.8) is 0 Å². The first-order valence-electron chi connectivity index (χ1n) is 4.20. The topological polar surface area (TPSA) is 37.4 Å². The second-order valence-electron chi connectivity index (χ2n) is 3.11. The number of hydrogen-bond acceptors (Lipinski definition) is 2. The molecule has 6 heteroatoms. The van der Waals surface area contributed by atoms with Gasteiger partial charge in [-0.2, -0.15) is 4.31 Å². The molecule has 84 valence electrons. The van der Waals surface area contributed by atoms with Crippen molar-refractivity contribution in [3.05, 3.63) is 34.3 Å². The van der Waals surface area contributed by atoms with Gasteiger partial charge < -0.3 is 0 Å². The number of benzene rings is 1. The predicted octanol–water partition coefficient (Wildman–Crippen LogP) is 2.56. The fourth-order valence-corrected chi connectivity index (χ4v) is 3.08. The molecule has 1 rings (SSSR count). The standard InChI is InChI=1S/C9H11Br2NO2S/c1-12(15(13,14)7-10)6-8-3-2-4-9(11)5-8/h2-5H,6-7H2,1H3. The second-order valence-corrected chi connectivity index (χ2v) is 7.40. The molecule has 0 aliphatic carbocycles. The van der Waals surface area contributed by atoms with E-state index < -0.39 is 10.0 Å². The Labute approximate surface area is 107 Å². The Morgan fingerprint density at radius 1 is 1.40 bits per heavy atom. The molecule has 0 fully saturated rings. The lowest BCUT2D eigenvalue weighted by Gasteiger charge is -2.15.